The Bertz CT molecular complexity index is 867. The van der Waals surface area contributed by atoms with Gasteiger partial charge in [0.05, 0.1) is 145 Å². The Hall–Kier alpha value is -1.76. The van der Waals surface area contributed by atoms with Crippen molar-refractivity contribution in [1.29, 1.82) is 0 Å². The lowest BCUT2D eigenvalue weighted by atomic mass is 10.0. The van der Waals surface area contributed by atoms with Crippen LogP contribution in [-0.4, -0.2) is 171 Å². The normalized spacial score (nSPS) is 11.3. The van der Waals surface area contributed by atoms with Gasteiger partial charge in [-0.25, -0.2) is 4.79 Å². The molecule has 0 aliphatic rings. The summed E-state index contributed by atoms with van der Waals surface area (Å²) in [5, 5.41) is 0. The Morgan fingerprint density at radius 3 is 0.783 bits per heavy atom. The molecule has 0 aromatic heterocycles. The monoisotopic (exact) mass is 867 g/mol. The Morgan fingerprint density at radius 1 is 0.317 bits per heavy atom. The molecule has 356 valence electrons. The van der Waals surface area contributed by atoms with Crippen LogP contribution in [0.5, 0.6) is 0 Å². The van der Waals surface area contributed by atoms with E-state index in [0.717, 1.165) is 18.9 Å². The first-order chi connectivity index (χ1) is 29.7. The third-order valence-electron chi connectivity index (χ3n) is 8.83. The molecule has 0 bridgehead atoms. The highest BCUT2D eigenvalue weighted by molar-refractivity contribution is 5.81. The molecule has 0 N–H and O–H groups in total. The van der Waals surface area contributed by atoms with Gasteiger partial charge in [0, 0.05) is 12.5 Å². The molecule has 15 heteroatoms. The van der Waals surface area contributed by atoms with Crippen molar-refractivity contribution in [1.82, 2.24) is 0 Å². The number of rotatable bonds is 53. The van der Waals surface area contributed by atoms with E-state index in [1.54, 1.807) is 0 Å². The van der Waals surface area contributed by atoms with Gasteiger partial charge in [-0.3, -0.25) is 4.79 Å². The van der Waals surface area contributed by atoms with E-state index >= 15 is 0 Å². The summed E-state index contributed by atoms with van der Waals surface area (Å²) in [6.45, 7) is 16.3. The second-order valence-corrected chi connectivity index (χ2v) is 14.0. The Kier molecular flexibility index (Phi) is 51.8. The standard InChI is InChI=1S/C45H86O15/c1-3-5-6-7-8-9-10-11-12-13-14-15-16-17-18-19-45(47)60-43-41-58-39-37-56-35-33-54-31-29-52-27-25-50-23-21-48-20-22-49-24-26-51-28-30-53-32-34-55-36-38-57-40-42-59-44(46)4-2/h4H,2-3,5-43H2,1H3. The van der Waals surface area contributed by atoms with E-state index in [1.165, 1.54) is 83.5 Å². The van der Waals surface area contributed by atoms with E-state index < -0.39 is 5.97 Å². The van der Waals surface area contributed by atoms with Crippen LogP contribution in [0.15, 0.2) is 12.7 Å². The van der Waals surface area contributed by atoms with Gasteiger partial charge in [-0.05, 0) is 6.42 Å². The van der Waals surface area contributed by atoms with Crippen LogP contribution in [0.2, 0.25) is 0 Å². The van der Waals surface area contributed by atoms with Crippen LogP contribution in [0.3, 0.4) is 0 Å². The molecule has 15 nitrogen and oxygen atoms in total. The van der Waals surface area contributed by atoms with Crippen LogP contribution in [0, 0.1) is 0 Å². The van der Waals surface area contributed by atoms with Gasteiger partial charge in [0.25, 0.3) is 0 Å². The Morgan fingerprint density at radius 2 is 0.533 bits per heavy atom. The maximum Gasteiger partial charge on any atom is 0.330 e. The fraction of sp³-hybridized carbons (Fsp3) is 0.911. The summed E-state index contributed by atoms with van der Waals surface area (Å²) < 4.78 is 70.1. The zero-order chi connectivity index (χ0) is 43.3. The molecule has 0 aromatic carbocycles. The SMILES string of the molecule is C=CC(=O)OCCOCCOCCOCCOCCOCCOCCOCCOCCOCCOCCOCCOC(=O)CCCCCCCCCCCCCCCCC. The number of carbonyl (C=O) groups is 2. The minimum Gasteiger partial charge on any atom is -0.463 e. The number of unbranched alkanes of at least 4 members (excludes halogenated alkanes) is 14. The topological polar surface area (TPSA) is 154 Å². The lowest BCUT2D eigenvalue weighted by molar-refractivity contribution is -0.145. The van der Waals surface area contributed by atoms with Gasteiger partial charge >= 0.3 is 11.9 Å². The van der Waals surface area contributed by atoms with Crippen molar-refractivity contribution >= 4 is 11.9 Å². The van der Waals surface area contributed by atoms with Crippen LogP contribution in [-0.2, 0) is 71.2 Å². The zero-order valence-corrected chi connectivity index (χ0v) is 37.7. The minimum absolute atomic E-state index is 0.135. The van der Waals surface area contributed by atoms with Crippen molar-refractivity contribution in [2.45, 2.75) is 110 Å². The summed E-state index contributed by atoms with van der Waals surface area (Å²) in [6.07, 6.45) is 21.3. The molecule has 0 heterocycles. The van der Waals surface area contributed by atoms with E-state index in [-0.39, 0.29) is 19.2 Å². The fourth-order valence-electron chi connectivity index (χ4n) is 5.49. The van der Waals surface area contributed by atoms with Crippen molar-refractivity contribution in [3.8, 4) is 0 Å². The molecule has 0 rings (SSSR count). The van der Waals surface area contributed by atoms with Crippen LogP contribution < -0.4 is 0 Å². The Labute approximate surface area is 363 Å². The zero-order valence-electron chi connectivity index (χ0n) is 37.7. The maximum atomic E-state index is 11.9. The second kappa shape index (κ2) is 53.4. The average molecular weight is 867 g/mol. The largest absolute Gasteiger partial charge is 0.463 e. The fourth-order valence-corrected chi connectivity index (χ4v) is 5.49. The van der Waals surface area contributed by atoms with Gasteiger partial charge in [0.2, 0.25) is 0 Å². The molecule has 60 heavy (non-hydrogen) atoms. The molecule has 0 aliphatic carbocycles. The molecule has 0 aliphatic heterocycles. The highest BCUT2D eigenvalue weighted by atomic mass is 16.6. The summed E-state index contributed by atoms with van der Waals surface area (Å²) in [5.41, 5.74) is 0. The van der Waals surface area contributed by atoms with Gasteiger partial charge < -0.3 is 61.6 Å². The summed E-state index contributed by atoms with van der Waals surface area (Å²) in [6, 6.07) is 0. The summed E-state index contributed by atoms with van der Waals surface area (Å²) in [7, 11) is 0. The van der Waals surface area contributed by atoms with Crippen LogP contribution in [0.4, 0.5) is 0 Å². The molecule has 0 radical (unpaired) electrons. The van der Waals surface area contributed by atoms with Crippen LogP contribution in [0.25, 0.3) is 0 Å². The molecular weight excluding hydrogens is 780 g/mol. The summed E-state index contributed by atoms with van der Waals surface area (Å²) in [5.74, 6) is -0.596. The summed E-state index contributed by atoms with van der Waals surface area (Å²) >= 11 is 0. The first-order valence-electron chi connectivity index (χ1n) is 23.0. The van der Waals surface area contributed by atoms with Gasteiger partial charge in [0.15, 0.2) is 0 Å². The third kappa shape index (κ3) is 52.4. The highest BCUT2D eigenvalue weighted by Crippen LogP contribution is 2.14. The lowest BCUT2D eigenvalue weighted by Gasteiger charge is -2.09. The van der Waals surface area contributed by atoms with Crippen molar-refractivity contribution in [2.24, 2.45) is 0 Å². The number of hydrogen-bond donors (Lipinski definition) is 0. The lowest BCUT2D eigenvalue weighted by Crippen LogP contribution is -2.16. The molecule has 0 atom stereocenters. The third-order valence-corrected chi connectivity index (χ3v) is 8.83. The maximum absolute atomic E-state index is 11.9. The van der Waals surface area contributed by atoms with Crippen molar-refractivity contribution in [3.05, 3.63) is 12.7 Å². The number of esters is 2. The minimum atomic E-state index is -0.461. The Balaban J connectivity index is 3.13. The van der Waals surface area contributed by atoms with Gasteiger partial charge in [-0.1, -0.05) is 103 Å². The van der Waals surface area contributed by atoms with Crippen molar-refractivity contribution < 1.29 is 71.2 Å². The van der Waals surface area contributed by atoms with E-state index in [2.05, 4.69) is 13.5 Å². The quantitative estimate of drug-likeness (QED) is 0.0362. The van der Waals surface area contributed by atoms with Gasteiger partial charge in [-0.2, -0.15) is 0 Å². The molecule has 0 amide bonds. The average Bonchev–Trinajstić information content (AvgIpc) is 3.25. The highest BCUT2D eigenvalue weighted by Gasteiger charge is 2.03. The van der Waals surface area contributed by atoms with Crippen molar-refractivity contribution in [3.63, 3.8) is 0 Å². The number of ether oxygens (including phenoxy) is 13. The van der Waals surface area contributed by atoms with E-state index in [4.69, 9.17) is 61.6 Å². The molecular formula is C45H86O15. The van der Waals surface area contributed by atoms with E-state index in [1.807, 2.05) is 0 Å². The number of hydrogen-bond acceptors (Lipinski definition) is 15. The molecule has 0 fully saturated rings. The van der Waals surface area contributed by atoms with Gasteiger partial charge in [0.1, 0.15) is 13.2 Å². The van der Waals surface area contributed by atoms with Crippen molar-refractivity contribution in [2.75, 3.05) is 159 Å². The molecule has 0 saturated carbocycles. The first-order valence-corrected chi connectivity index (χ1v) is 23.0. The van der Waals surface area contributed by atoms with E-state index in [9.17, 15) is 9.59 Å². The van der Waals surface area contributed by atoms with Crippen LogP contribution in [0.1, 0.15) is 110 Å². The molecule has 0 spiro atoms. The number of carbonyl (C=O) groups excluding carboxylic acids is 2. The van der Waals surface area contributed by atoms with Gasteiger partial charge in [-0.15, -0.1) is 0 Å². The van der Waals surface area contributed by atoms with E-state index in [0.29, 0.717) is 152 Å². The molecule has 0 saturated heterocycles. The van der Waals surface area contributed by atoms with Crippen LogP contribution >= 0.6 is 0 Å². The smallest absolute Gasteiger partial charge is 0.330 e. The predicted octanol–water partition coefficient (Wildman–Crippen LogP) is 6.70. The predicted molar refractivity (Wildman–Crippen MR) is 231 cm³/mol. The molecule has 0 aromatic rings. The second-order valence-electron chi connectivity index (χ2n) is 14.0. The molecule has 0 unspecified atom stereocenters. The first kappa shape index (κ1) is 58.2. The summed E-state index contributed by atoms with van der Waals surface area (Å²) in [4.78, 5) is 22.8.